The monoisotopic (exact) mass is 311 g/mol. The first-order valence-electron chi connectivity index (χ1n) is 8.53. The van der Waals surface area contributed by atoms with Gasteiger partial charge >= 0.3 is 0 Å². The molecule has 3 heteroatoms. The van der Waals surface area contributed by atoms with E-state index in [1.807, 2.05) is 11.3 Å². The molecule has 0 fully saturated rings. The molecule has 2 aliphatic heterocycles. The van der Waals surface area contributed by atoms with E-state index in [9.17, 15) is 0 Å². The van der Waals surface area contributed by atoms with E-state index in [-0.39, 0.29) is 0 Å². The highest BCUT2D eigenvalue weighted by atomic mass is 32.1. The molecular weight excluding hydrogens is 288 g/mol. The number of aryl methyl sites for hydroxylation is 1. The van der Waals surface area contributed by atoms with Crippen molar-refractivity contribution >= 4 is 22.7 Å². The Morgan fingerprint density at radius 3 is 3.00 bits per heavy atom. The van der Waals surface area contributed by atoms with Crippen molar-refractivity contribution in [3.8, 4) is 0 Å². The lowest BCUT2D eigenvalue weighted by molar-refractivity contribution is 0.537. The maximum atomic E-state index is 4.77. The van der Waals surface area contributed by atoms with Crippen LogP contribution in [0.2, 0.25) is 0 Å². The summed E-state index contributed by atoms with van der Waals surface area (Å²) in [7, 11) is 0. The van der Waals surface area contributed by atoms with Crippen molar-refractivity contribution in [1.82, 2.24) is 5.32 Å². The van der Waals surface area contributed by atoms with Gasteiger partial charge in [0.05, 0.1) is 16.6 Å². The van der Waals surface area contributed by atoms with Crippen molar-refractivity contribution in [3.63, 3.8) is 0 Å². The molecule has 2 aromatic rings. The van der Waals surface area contributed by atoms with E-state index < -0.39 is 0 Å². The van der Waals surface area contributed by atoms with E-state index in [0.717, 1.165) is 6.54 Å². The summed E-state index contributed by atoms with van der Waals surface area (Å²) in [5.41, 5.74) is 4.24. The minimum atomic E-state index is 0.514. The second-order valence-corrected chi connectivity index (χ2v) is 7.29. The maximum Gasteiger partial charge on any atom is 0.0734 e. The fourth-order valence-corrected chi connectivity index (χ4v) is 4.83. The molecule has 3 heterocycles. The molecule has 0 bridgehead atoms. The van der Waals surface area contributed by atoms with Crippen molar-refractivity contribution in [2.24, 2.45) is 0 Å². The van der Waals surface area contributed by atoms with Gasteiger partial charge < -0.3 is 4.90 Å². The summed E-state index contributed by atoms with van der Waals surface area (Å²) >= 11 is 1.89. The van der Waals surface area contributed by atoms with E-state index in [0.29, 0.717) is 6.04 Å². The summed E-state index contributed by atoms with van der Waals surface area (Å²) in [6, 6.07) is 11.8. The molecule has 1 aromatic heterocycles. The van der Waals surface area contributed by atoms with Gasteiger partial charge in [-0.2, -0.15) is 0 Å². The Hall–Kier alpha value is -1.48. The summed E-state index contributed by atoms with van der Waals surface area (Å²) in [5, 5.41) is 6.98. The van der Waals surface area contributed by atoms with E-state index in [4.69, 9.17) is 5.32 Å². The quantitative estimate of drug-likeness (QED) is 0.720. The highest BCUT2D eigenvalue weighted by Gasteiger charge is 2.28. The largest absolute Gasteiger partial charge is 0.363 e. The molecule has 1 atom stereocenters. The molecule has 0 saturated heterocycles. The van der Waals surface area contributed by atoms with Gasteiger partial charge in [0.2, 0.25) is 0 Å². The minimum Gasteiger partial charge on any atom is -0.363 e. The zero-order valence-electron chi connectivity index (χ0n) is 13.0. The van der Waals surface area contributed by atoms with Crippen molar-refractivity contribution in [1.29, 1.82) is 0 Å². The predicted octanol–water partition coefficient (Wildman–Crippen LogP) is 5.05. The van der Waals surface area contributed by atoms with Crippen LogP contribution < -0.4 is 10.2 Å². The number of para-hydroxylation sites is 1. The molecule has 0 amide bonds. The van der Waals surface area contributed by atoms with Crippen LogP contribution in [0, 0.1) is 0 Å². The molecule has 1 radical (unpaired) electrons. The van der Waals surface area contributed by atoms with Gasteiger partial charge in [0, 0.05) is 18.8 Å². The fourth-order valence-electron chi connectivity index (χ4n) is 3.83. The van der Waals surface area contributed by atoms with Crippen LogP contribution in [0.1, 0.15) is 48.6 Å². The summed E-state index contributed by atoms with van der Waals surface area (Å²) in [6.07, 6.45) is 7.63. The zero-order valence-corrected chi connectivity index (χ0v) is 13.8. The van der Waals surface area contributed by atoms with Crippen LogP contribution in [0.15, 0.2) is 35.7 Å². The molecule has 22 heavy (non-hydrogen) atoms. The lowest BCUT2D eigenvalue weighted by Gasteiger charge is -2.36. The third kappa shape index (κ3) is 2.63. The number of thiophene rings is 1. The number of hydrogen-bond donors (Lipinski definition) is 0. The third-order valence-corrected chi connectivity index (χ3v) is 5.92. The smallest absolute Gasteiger partial charge is 0.0734 e. The van der Waals surface area contributed by atoms with Crippen LogP contribution in [0.3, 0.4) is 0 Å². The van der Waals surface area contributed by atoms with E-state index >= 15 is 0 Å². The van der Waals surface area contributed by atoms with Gasteiger partial charge in [-0.15, -0.1) is 11.3 Å². The fraction of sp³-hybridized carbons (Fsp3) is 0.474. The number of hydrogen-bond acceptors (Lipinski definition) is 2. The minimum absolute atomic E-state index is 0.514. The first-order chi connectivity index (χ1) is 10.9. The van der Waals surface area contributed by atoms with Crippen LogP contribution in [0.5, 0.6) is 0 Å². The van der Waals surface area contributed by atoms with E-state index in [1.165, 1.54) is 66.9 Å². The number of nitrogens with zero attached hydrogens (tertiary/aromatic N) is 2. The second kappa shape index (κ2) is 6.33. The second-order valence-electron chi connectivity index (χ2n) is 6.34. The molecule has 1 unspecified atom stereocenters. The molecule has 0 aliphatic carbocycles. The summed E-state index contributed by atoms with van der Waals surface area (Å²) in [4.78, 5) is 4.16. The molecule has 0 spiro atoms. The summed E-state index contributed by atoms with van der Waals surface area (Å²) < 4.78 is 0. The Balaban J connectivity index is 1.75. The standard InChI is InChI=1S/C19H23N2S/c1-2-7-15-8-3-4-9-17(15)21(13-5-1)18-10-6-12-20-16-11-14-22-19(16)18/h3-4,8-9,11,14,18H,1-2,5-7,10,12-13H2. The zero-order chi connectivity index (χ0) is 14.8. The van der Waals surface area contributed by atoms with Gasteiger partial charge in [-0.05, 0) is 55.2 Å². The van der Waals surface area contributed by atoms with Crippen LogP contribution in [-0.2, 0) is 6.42 Å². The van der Waals surface area contributed by atoms with Gasteiger partial charge in [-0.25, -0.2) is 0 Å². The molecular formula is C19H23N2S. The highest BCUT2D eigenvalue weighted by molar-refractivity contribution is 7.10. The van der Waals surface area contributed by atoms with Gasteiger partial charge in [0.15, 0.2) is 0 Å². The molecule has 2 aliphatic rings. The predicted molar refractivity (Wildman–Crippen MR) is 94.3 cm³/mol. The van der Waals surface area contributed by atoms with Gasteiger partial charge in [0.25, 0.3) is 0 Å². The molecule has 0 N–H and O–H groups in total. The topological polar surface area (TPSA) is 17.3 Å². The Bertz CT molecular complexity index is 634. The van der Waals surface area contributed by atoms with Crippen molar-refractivity contribution in [2.75, 3.05) is 18.0 Å². The highest BCUT2D eigenvalue weighted by Crippen LogP contribution is 2.41. The molecule has 1 aromatic carbocycles. The first kappa shape index (κ1) is 14.1. The van der Waals surface area contributed by atoms with Crippen molar-refractivity contribution in [3.05, 3.63) is 46.2 Å². The number of anilines is 1. The normalized spacial score (nSPS) is 21.8. The third-order valence-electron chi connectivity index (χ3n) is 4.92. The van der Waals surface area contributed by atoms with Gasteiger partial charge in [0.1, 0.15) is 0 Å². The Kier molecular flexibility index (Phi) is 4.07. The summed E-state index contributed by atoms with van der Waals surface area (Å²) in [5.74, 6) is 0. The number of rotatable bonds is 1. The van der Waals surface area contributed by atoms with Crippen molar-refractivity contribution in [2.45, 2.75) is 44.6 Å². The molecule has 0 saturated carbocycles. The number of benzene rings is 1. The van der Waals surface area contributed by atoms with Crippen LogP contribution in [0.25, 0.3) is 0 Å². The molecule has 2 nitrogen and oxygen atoms in total. The van der Waals surface area contributed by atoms with Crippen molar-refractivity contribution < 1.29 is 0 Å². The lowest BCUT2D eigenvalue weighted by atomic mass is 9.98. The van der Waals surface area contributed by atoms with E-state index in [2.05, 4.69) is 40.6 Å². The van der Waals surface area contributed by atoms with Gasteiger partial charge in [-0.1, -0.05) is 24.6 Å². The first-order valence-corrected chi connectivity index (χ1v) is 9.41. The SMILES string of the molecule is c1ccc2c(c1)CCCCCN2C1CCC[N]c2ccsc21. The molecule has 115 valence electrons. The van der Waals surface area contributed by atoms with Gasteiger partial charge in [-0.3, -0.25) is 5.32 Å². The average molecular weight is 311 g/mol. The van der Waals surface area contributed by atoms with Crippen LogP contribution in [0.4, 0.5) is 11.4 Å². The van der Waals surface area contributed by atoms with Crippen LogP contribution in [-0.4, -0.2) is 13.1 Å². The van der Waals surface area contributed by atoms with Crippen LogP contribution >= 0.6 is 11.3 Å². The Labute approximate surface area is 137 Å². The van der Waals surface area contributed by atoms with E-state index in [1.54, 1.807) is 0 Å². The Morgan fingerprint density at radius 1 is 1.05 bits per heavy atom. The number of fused-ring (bicyclic) bond motifs is 2. The molecule has 4 rings (SSSR count). The maximum absolute atomic E-state index is 4.77. The lowest BCUT2D eigenvalue weighted by Crippen LogP contribution is -2.31. The summed E-state index contributed by atoms with van der Waals surface area (Å²) in [6.45, 7) is 2.16. The Morgan fingerprint density at radius 2 is 2.00 bits per heavy atom. The average Bonchev–Trinajstić information content (AvgIpc) is 2.90.